The lowest BCUT2D eigenvalue weighted by molar-refractivity contribution is 0.392. The van der Waals surface area contributed by atoms with E-state index in [1.165, 1.54) is 24.8 Å². The first kappa shape index (κ1) is 13.9. The minimum absolute atomic E-state index is 0.775. The quantitative estimate of drug-likeness (QED) is 0.798. The van der Waals surface area contributed by atoms with Crippen LogP contribution in [0.5, 0.6) is 11.5 Å². The molecule has 1 N–H and O–H groups in total. The molecule has 3 heteroatoms. The minimum atomic E-state index is 0.775. The van der Waals surface area contributed by atoms with E-state index in [4.69, 9.17) is 9.47 Å². The minimum Gasteiger partial charge on any atom is -0.497 e. The summed E-state index contributed by atoms with van der Waals surface area (Å²) in [6, 6.07) is 6.00. The summed E-state index contributed by atoms with van der Waals surface area (Å²) in [6.45, 7) is 1.93. The average molecular weight is 261 g/mol. The summed E-state index contributed by atoms with van der Waals surface area (Å²) in [4.78, 5) is 0. The molecule has 0 amide bonds. The summed E-state index contributed by atoms with van der Waals surface area (Å²) in [5, 5.41) is 3.53. The van der Waals surface area contributed by atoms with Crippen LogP contribution in [0.1, 0.15) is 24.8 Å². The van der Waals surface area contributed by atoms with Gasteiger partial charge in [0.1, 0.15) is 11.5 Å². The van der Waals surface area contributed by atoms with Crippen LogP contribution < -0.4 is 14.8 Å². The molecule has 0 heterocycles. The van der Waals surface area contributed by atoms with Gasteiger partial charge in [0.05, 0.1) is 14.2 Å². The van der Waals surface area contributed by atoms with E-state index in [0.29, 0.717) is 0 Å². The number of hydrogen-bond donors (Lipinski definition) is 1. The van der Waals surface area contributed by atoms with Gasteiger partial charge in [-0.3, -0.25) is 0 Å². The zero-order valence-electron chi connectivity index (χ0n) is 11.8. The molecule has 0 saturated carbocycles. The molecule has 1 aliphatic rings. The Morgan fingerprint density at radius 2 is 1.84 bits per heavy atom. The van der Waals surface area contributed by atoms with Crippen LogP contribution in [-0.4, -0.2) is 20.8 Å². The second-order valence-corrected chi connectivity index (χ2v) is 5.00. The Bertz CT molecular complexity index is 407. The molecule has 0 aromatic heterocycles. The van der Waals surface area contributed by atoms with Crippen molar-refractivity contribution < 1.29 is 9.47 Å². The maximum absolute atomic E-state index is 5.28. The van der Waals surface area contributed by atoms with Crippen LogP contribution in [0, 0.1) is 5.92 Å². The predicted molar refractivity (Wildman–Crippen MR) is 77.7 cm³/mol. The second kappa shape index (κ2) is 7.19. The number of allylic oxidation sites excluding steroid dienone is 2. The average Bonchev–Trinajstić information content (AvgIpc) is 2.48. The topological polar surface area (TPSA) is 30.5 Å². The maximum atomic E-state index is 5.28. The molecule has 1 aromatic rings. The van der Waals surface area contributed by atoms with E-state index in [1.54, 1.807) is 14.2 Å². The van der Waals surface area contributed by atoms with Crippen molar-refractivity contribution in [3.8, 4) is 11.5 Å². The summed E-state index contributed by atoms with van der Waals surface area (Å²) >= 11 is 0. The van der Waals surface area contributed by atoms with E-state index in [-0.39, 0.29) is 0 Å². The van der Waals surface area contributed by atoms with Crippen LogP contribution >= 0.6 is 0 Å². The Hall–Kier alpha value is -1.48. The number of nitrogens with one attached hydrogen (secondary N) is 1. The lowest BCUT2D eigenvalue weighted by Gasteiger charge is -2.18. The normalized spacial score (nSPS) is 18.3. The van der Waals surface area contributed by atoms with Crippen LogP contribution in [0.25, 0.3) is 0 Å². The molecule has 2 rings (SSSR count). The van der Waals surface area contributed by atoms with Crippen molar-refractivity contribution in [2.45, 2.75) is 25.8 Å². The van der Waals surface area contributed by atoms with Gasteiger partial charge in [-0.15, -0.1) is 0 Å². The molecule has 0 fully saturated rings. The molecular weight excluding hydrogens is 238 g/mol. The van der Waals surface area contributed by atoms with Gasteiger partial charge in [-0.25, -0.2) is 0 Å². The van der Waals surface area contributed by atoms with Gasteiger partial charge in [-0.05, 0) is 49.4 Å². The molecule has 0 aliphatic heterocycles. The van der Waals surface area contributed by atoms with Crippen LogP contribution in [0.2, 0.25) is 0 Å². The molecular formula is C16H23NO2. The van der Waals surface area contributed by atoms with E-state index in [2.05, 4.69) is 29.6 Å². The van der Waals surface area contributed by atoms with Gasteiger partial charge in [0.15, 0.2) is 0 Å². The zero-order chi connectivity index (χ0) is 13.5. The Morgan fingerprint density at radius 1 is 1.11 bits per heavy atom. The largest absolute Gasteiger partial charge is 0.497 e. The van der Waals surface area contributed by atoms with Crippen LogP contribution in [-0.2, 0) is 6.54 Å². The molecule has 0 spiro atoms. The number of hydrogen-bond acceptors (Lipinski definition) is 3. The molecule has 1 aromatic carbocycles. The first-order chi connectivity index (χ1) is 9.31. The lowest BCUT2D eigenvalue weighted by atomic mass is 9.94. The highest BCUT2D eigenvalue weighted by Crippen LogP contribution is 2.22. The zero-order valence-corrected chi connectivity index (χ0v) is 11.8. The molecule has 0 saturated heterocycles. The molecule has 0 radical (unpaired) electrons. The van der Waals surface area contributed by atoms with Crippen molar-refractivity contribution >= 4 is 0 Å². The Morgan fingerprint density at radius 3 is 2.42 bits per heavy atom. The van der Waals surface area contributed by atoms with Gasteiger partial charge in [-0.1, -0.05) is 12.2 Å². The summed E-state index contributed by atoms with van der Waals surface area (Å²) < 4.78 is 10.6. The molecule has 3 nitrogen and oxygen atoms in total. The van der Waals surface area contributed by atoms with Crippen molar-refractivity contribution in [1.29, 1.82) is 0 Å². The van der Waals surface area contributed by atoms with Gasteiger partial charge >= 0.3 is 0 Å². The predicted octanol–water partition coefficient (Wildman–Crippen LogP) is 3.15. The molecule has 1 unspecified atom stereocenters. The number of rotatable bonds is 6. The maximum Gasteiger partial charge on any atom is 0.122 e. The summed E-state index contributed by atoms with van der Waals surface area (Å²) in [5.41, 5.74) is 1.20. The fourth-order valence-corrected chi connectivity index (χ4v) is 2.43. The van der Waals surface area contributed by atoms with Crippen molar-refractivity contribution in [2.24, 2.45) is 5.92 Å². The molecule has 1 atom stereocenters. The van der Waals surface area contributed by atoms with Gasteiger partial charge < -0.3 is 14.8 Å². The Kier molecular flexibility index (Phi) is 5.28. The van der Waals surface area contributed by atoms with Gasteiger partial charge in [0, 0.05) is 12.6 Å². The fraction of sp³-hybridized carbons (Fsp3) is 0.500. The third kappa shape index (κ3) is 4.28. The fourth-order valence-electron chi connectivity index (χ4n) is 2.43. The first-order valence-electron chi connectivity index (χ1n) is 6.89. The molecule has 1 aliphatic carbocycles. The van der Waals surface area contributed by atoms with Crippen LogP contribution in [0.4, 0.5) is 0 Å². The summed E-state index contributed by atoms with van der Waals surface area (Å²) in [5.74, 6) is 2.46. The smallest absolute Gasteiger partial charge is 0.122 e. The van der Waals surface area contributed by atoms with Crippen LogP contribution in [0.15, 0.2) is 30.4 Å². The monoisotopic (exact) mass is 261 g/mol. The molecule has 104 valence electrons. The number of ether oxygens (including phenoxy) is 2. The third-order valence-corrected chi connectivity index (χ3v) is 3.55. The van der Waals surface area contributed by atoms with Gasteiger partial charge in [0.25, 0.3) is 0 Å². The van der Waals surface area contributed by atoms with E-state index in [9.17, 15) is 0 Å². The number of benzene rings is 1. The van der Waals surface area contributed by atoms with E-state index < -0.39 is 0 Å². The number of methoxy groups -OCH3 is 2. The van der Waals surface area contributed by atoms with Crippen molar-refractivity contribution in [3.05, 3.63) is 35.9 Å². The van der Waals surface area contributed by atoms with Gasteiger partial charge in [-0.2, -0.15) is 0 Å². The second-order valence-electron chi connectivity index (χ2n) is 5.00. The highest BCUT2D eigenvalue weighted by molar-refractivity contribution is 5.38. The molecule has 19 heavy (non-hydrogen) atoms. The Balaban J connectivity index is 1.86. The van der Waals surface area contributed by atoms with E-state index in [1.807, 2.05) is 6.07 Å². The van der Waals surface area contributed by atoms with Gasteiger partial charge in [0.2, 0.25) is 0 Å². The first-order valence-corrected chi connectivity index (χ1v) is 6.89. The van der Waals surface area contributed by atoms with E-state index in [0.717, 1.165) is 30.5 Å². The SMILES string of the molecule is COc1cc(CNCC2CC=CCC2)cc(OC)c1. The highest BCUT2D eigenvalue weighted by atomic mass is 16.5. The Labute approximate surface area is 115 Å². The van der Waals surface area contributed by atoms with Crippen LogP contribution in [0.3, 0.4) is 0 Å². The summed E-state index contributed by atoms with van der Waals surface area (Å²) in [7, 11) is 3.36. The summed E-state index contributed by atoms with van der Waals surface area (Å²) in [6.07, 6.45) is 8.30. The van der Waals surface area contributed by atoms with Crippen molar-refractivity contribution in [3.63, 3.8) is 0 Å². The van der Waals surface area contributed by atoms with Crippen molar-refractivity contribution in [1.82, 2.24) is 5.32 Å². The lowest BCUT2D eigenvalue weighted by Crippen LogP contribution is -2.23. The highest BCUT2D eigenvalue weighted by Gasteiger charge is 2.09. The standard InChI is InChI=1S/C16H23NO2/c1-18-15-8-14(9-16(10-15)19-2)12-17-11-13-6-4-3-5-7-13/h3-4,8-10,13,17H,5-7,11-12H2,1-2H3. The molecule has 0 bridgehead atoms. The third-order valence-electron chi connectivity index (χ3n) is 3.55. The van der Waals surface area contributed by atoms with Crippen molar-refractivity contribution in [2.75, 3.05) is 20.8 Å². The van der Waals surface area contributed by atoms with E-state index >= 15 is 0 Å².